The maximum Gasteiger partial charge on any atom is 0.00174 e. The van der Waals surface area contributed by atoms with Crippen LogP contribution in [0.1, 0.15) is 31.7 Å². The Balaban J connectivity index is 2.35. The molecular formula is C12H19N. The molecule has 1 nitrogen and oxygen atoms in total. The Bertz CT molecular complexity index is 218. The number of hydrogen-bond donors (Lipinski definition) is 1. The summed E-state index contributed by atoms with van der Waals surface area (Å²) < 4.78 is 0. The first-order valence-corrected chi connectivity index (χ1v) is 5.10. The Morgan fingerprint density at radius 1 is 1.23 bits per heavy atom. The summed E-state index contributed by atoms with van der Waals surface area (Å²) in [4.78, 5) is 0. The molecule has 0 amide bonds. The minimum atomic E-state index is 0.618. The number of rotatable bonds is 5. The molecule has 0 aliphatic carbocycles. The van der Waals surface area contributed by atoms with Crippen molar-refractivity contribution in [2.75, 3.05) is 13.1 Å². The number of hydrogen-bond acceptors (Lipinski definition) is 1. The molecule has 0 saturated carbocycles. The average molecular weight is 177 g/mol. The van der Waals surface area contributed by atoms with Crippen LogP contribution in [0.4, 0.5) is 0 Å². The third-order valence-corrected chi connectivity index (χ3v) is 2.25. The molecule has 0 spiro atoms. The summed E-state index contributed by atoms with van der Waals surface area (Å²) >= 11 is 0. The lowest BCUT2D eigenvalue weighted by Crippen LogP contribution is -2.20. The number of benzene rings is 1. The first kappa shape index (κ1) is 10.3. The van der Waals surface area contributed by atoms with Crippen molar-refractivity contribution in [1.29, 1.82) is 0 Å². The summed E-state index contributed by atoms with van der Waals surface area (Å²) in [6.07, 6.45) is 1.21. The van der Waals surface area contributed by atoms with Gasteiger partial charge in [-0.15, -0.1) is 0 Å². The fraction of sp³-hybridized carbons (Fsp3) is 0.500. The molecule has 0 saturated heterocycles. The zero-order valence-corrected chi connectivity index (χ0v) is 8.59. The SMILES string of the molecule is CCCNC[C@@H](C)c1ccccc1. The minimum absolute atomic E-state index is 0.618. The van der Waals surface area contributed by atoms with Crippen molar-refractivity contribution in [2.45, 2.75) is 26.2 Å². The van der Waals surface area contributed by atoms with Gasteiger partial charge in [-0.1, -0.05) is 44.2 Å². The van der Waals surface area contributed by atoms with Crippen molar-refractivity contribution in [3.8, 4) is 0 Å². The van der Waals surface area contributed by atoms with Crippen LogP contribution in [0, 0.1) is 0 Å². The van der Waals surface area contributed by atoms with Gasteiger partial charge in [0.05, 0.1) is 0 Å². The van der Waals surface area contributed by atoms with E-state index in [4.69, 9.17) is 0 Å². The molecule has 0 fully saturated rings. The molecule has 0 radical (unpaired) electrons. The molecular weight excluding hydrogens is 158 g/mol. The van der Waals surface area contributed by atoms with Crippen LogP contribution in [0.2, 0.25) is 0 Å². The van der Waals surface area contributed by atoms with Gasteiger partial charge in [0, 0.05) is 6.54 Å². The van der Waals surface area contributed by atoms with Gasteiger partial charge < -0.3 is 5.32 Å². The van der Waals surface area contributed by atoms with Crippen molar-refractivity contribution in [3.63, 3.8) is 0 Å². The van der Waals surface area contributed by atoms with Crippen molar-refractivity contribution < 1.29 is 0 Å². The van der Waals surface area contributed by atoms with Crippen LogP contribution < -0.4 is 5.32 Å². The Hall–Kier alpha value is -0.820. The van der Waals surface area contributed by atoms with Crippen molar-refractivity contribution in [3.05, 3.63) is 35.9 Å². The van der Waals surface area contributed by atoms with E-state index in [9.17, 15) is 0 Å². The van der Waals surface area contributed by atoms with Crippen molar-refractivity contribution >= 4 is 0 Å². The van der Waals surface area contributed by atoms with Gasteiger partial charge in [-0.25, -0.2) is 0 Å². The zero-order valence-electron chi connectivity index (χ0n) is 8.59. The molecule has 72 valence electrons. The van der Waals surface area contributed by atoms with E-state index in [1.807, 2.05) is 0 Å². The Kier molecular flexibility index (Phi) is 4.55. The van der Waals surface area contributed by atoms with Gasteiger partial charge >= 0.3 is 0 Å². The van der Waals surface area contributed by atoms with Gasteiger partial charge in [-0.2, -0.15) is 0 Å². The predicted octanol–water partition coefficient (Wildman–Crippen LogP) is 2.79. The highest BCUT2D eigenvalue weighted by atomic mass is 14.8. The van der Waals surface area contributed by atoms with Gasteiger partial charge in [0.15, 0.2) is 0 Å². The molecule has 13 heavy (non-hydrogen) atoms. The van der Waals surface area contributed by atoms with E-state index in [0.29, 0.717) is 5.92 Å². The second-order valence-electron chi connectivity index (χ2n) is 3.52. The zero-order chi connectivity index (χ0) is 9.52. The summed E-state index contributed by atoms with van der Waals surface area (Å²) in [6, 6.07) is 10.7. The van der Waals surface area contributed by atoms with E-state index in [1.165, 1.54) is 12.0 Å². The van der Waals surface area contributed by atoms with Crippen LogP contribution >= 0.6 is 0 Å². The topological polar surface area (TPSA) is 12.0 Å². The highest BCUT2D eigenvalue weighted by molar-refractivity contribution is 5.18. The Morgan fingerprint density at radius 2 is 1.92 bits per heavy atom. The lowest BCUT2D eigenvalue weighted by molar-refractivity contribution is 0.609. The summed E-state index contributed by atoms with van der Waals surface area (Å²) in [5, 5.41) is 3.43. The average Bonchev–Trinajstić information content (AvgIpc) is 2.19. The van der Waals surface area contributed by atoms with Gasteiger partial charge in [0.2, 0.25) is 0 Å². The van der Waals surface area contributed by atoms with E-state index in [0.717, 1.165) is 13.1 Å². The quantitative estimate of drug-likeness (QED) is 0.682. The third-order valence-electron chi connectivity index (χ3n) is 2.25. The van der Waals surface area contributed by atoms with E-state index in [2.05, 4.69) is 49.5 Å². The first-order chi connectivity index (χ1) is 6.34. The second kappa shape index (κ2) is 5.76. The van der Waals surface area contributed by atoms with E-state index < -0.39 is 0 Å². The lowest BCUT2D eigenvalue weighted by atomic mass is 10.0. The van der Waals surface area contributed by atoms with Crippen LogP contribution in [0.25, 0.3) is 0 Å². The van der Waals surface area contributed by atoms with E-state index in [-0.39, 0.29) is 0 Å². The normalized spacial score (nSPS) is 12.8. The molecule has 1 aromatic rings. The van der Waals surface area contributed by atoms with Crippen LogP contribution in [0.3, 0.4) is 0 Å². The molecule has 1 aromatic carbocycles. The van der Waals surface area contributed by atoms with Crippen LogP contribution in [0.15, 0.2) is 30.3 Å². The maximum atomic E-state index is 3.43. The second-order valence-corrected chi connectivity index (χ2v) is 3.52. The monoisotopic (exact) mass is 177 g/mol. The van der Waals surface area contributed by atoms with Crippen LogP contribution in [-0.2, 0) is 0 Å². The van der Waals surface area contributed by atoms with Gasteiger partial charge in [-0.05, 0) is 24.4 Å². The molecule has 0 aliphatic rings. The molecule has 1 heteroatoms. The molecule has 1 atom stereocenters. The smallest absolute Gasteiger partial charge is 0.00174 e. The molecule has 0 bridgehead atoms. The molecule has 0 aliphatic heterocycles. The molecule has 0 unspecified atom stereocenters. The molecule has 1 N–H and O–H groups in total. The minimum Gasteiger partial charge on any atom is -0.316 e. The standard InChI is InChI=1S/C12H19N/c1-3-9-13-10-11(2)12-7-5-4-6-8-12/h4-8,11,13H,3,9-10H2,1-2H3/t11-/m1/s1. The largest absolute Gasteiger partial charge is 0.316 e. The molecule has 0 aromatic heterocycles. The molecule has 0 heterocycles. The van der Waals surface area contributed by atoms with Gasteiger partial charge in [0.1, 0.15) is 0 Å². The van der Waals surface area contributed by atoms with Crippen molar-refractivity contribution in [2.24, 2.45) is 0 Å². The Labute approximate surface area is 81.2 Å². The van der Waals surface area contributed by atoms with E-state index >= 15 is 0 Å². The summed E-state index contributed by atoms with van der Waals surface area (Å²) in [5.41, 5.74) is 1.42. The van der Waals surface area contributed by atoms with Crippen LogP contribution in [0.5, 0.6) is 0 Å². The molecule has 1 rings (SSSR count). The van der Waals surface area contributed by atoms with Crippen molar-refractivity contribution in [1.82, 2.24) is 5.32 Å². The highest BCUT2D eigenvalue weighted by Crippen LogP contribution is 2.12. The predicted molar refractivity (Wildman–Crippen MR) is 58.0 cm³/mol. The summed E-state index contributed by atoms with van der Waals surface area (Å²) in [6.45, 7) is 6.66. The van der Waals surface area contributed by atoms with Gasteiger partial charge in [-0.3, -0.25) is 0 Å². The highest BCUT2D eigenvalue weighted by Gasteiger charge is 2.02. The van der Waals surface area contributed by atoms with Gasteiger partial charge in [0.25, 0.3) is 0 Å². The Morgan fingerprint density at radius 3 is 2.54 bits per heavy atom. The van der Waals surface area contributed by atoms with Crippen LogP contribution in [-0.4, -0.2) is 13.1 Å². The van der Waals surface area contributed by atoms with E-state index in [1.54, 1.807) is 0 Å². The maximum absolute atomic E-state index is 3.43. The first-order valence-electron chi connectivity index (χ1n) is 5.10. The number of nitrogens with one attached hydrogen (secondary N) is 1. The fourth-order valence-corrected chi connectivity index (χ4v) is 1.39. The summed E-state index contributed by atoms with van der Waals surface area (Å²) in [5.74, 6) is 0.618. The third kappa shape index (κ3) is 3.60. The fourth-order valence-electron chi connectivity index (χ4n) is 1.39. The summed E-state index contributed by atoms with van der Waals surface area (Å²) in [7, 11) is 0. The lowest BCUT2D eigenvalue weighted by Gasteiger charge is -2.12.